The molecular formula is C14H27NO. The second-order valence-electron chi connectivity index (χ2n) is 5.22. The summed E-state index contributed by atoms with van der Waals surface area (Å²) in [6.07, 6.45) is 5.34. The molecule has 0 bridgehead atoms. The van der Waals surface area contributed by atoms with Gasteiger partial charge in [0.2, 0.25) is 0 Å². The fourth-order valence-electron chi connectivity index (χ4n) is 2.68. The summed E-state index contributed by atoms with van der Waals surface area (Å²) < 4.78 is 5.50. The lowest BCUT2D eigenvalue weighted by molar-refractivity contribution is 0.0752. The molecule has 3 atom stereocenters. The molecule has 1 N–H and O–H groups in total. The Bertz CT molecular complexity index is 225. The molecule has 1 aliphatic rings. The Hall–Kier alpha value is -0.340. The predicted octanol–water partition coefficient (Wildman–Crippen LogP) is 2.99. The van der Waals surface area contributed by atoms with Gasteiger partial charge in [0.05, 0.1) is 6.10 Å². The molecule has 1 rings (SSSR count). The fourth-order valence-corrected chi connectivity index (χ4v) is 2.68. The molecule has 3 unspecified atom stereocenters. The summed E-state index contributed by atoms with van der Waals surface area (Å²) in [4.78, 5) is 0. The van der Waals surface area contributed by atoms with Crippen molar-refractivity contribution in [1.29, 1.82) is 0 Å². The van der Waals surface area contributed by atoms with E-state index in [4.69, 9.17) is 4.74 Å². The van der Waals surface area contributed by atoms with E-state index in [2.05, 4.69) is 32.2 Å². The SMILES string of the molecule is CCOC(C)CNCC1CC(C)=CC(C)C1. The van der Waals surface area contributed by atoms with Gasteiger partial charge in [-0.1, -0.05) is 18.6 Å². The van der Waals surface area contributed by atoms with Crippen LogP contribution in [0.15, 0.2) is 11.6 Å². The molecular weight excluding hydrogens is 198 g/mol. The number of nitrogens with one attached hydrogen (secondary N) is 1. The number of hydrogen-bond donors (Lipinski definition) is 1. The molecule has 0 amide bonds. The highest BCUT2D eigenvalue weighted by atomic mass is 16.5. The maximum Gasteiger partial charge on any atom is 0.0671 e. The highest BCUT2D eigenvalue weighted by Crippen LogP contribution is 2.27. The molecule has 16 heavy (non-hydrogen) atoms. The summed E-state index contributed by atoms with van der Waals surface area (Å²) in [5.74, 6) is 1.57. The van der Waals surface area contributed by atoms with Crippen LogP contribution in [0.3, 0.4) is 0 Å². The molecule has 1 aliphatic carbocycles. The van der Waals surface area contributed by atoms with Crippen molar-refractivity contribution in [3.63, 3.8) is 0 Å². The monoisotopic (exact) mass is 225 g/mol. The topological polar surface area (TPSA) is 21.3 Å². The van der Waals surface area contributed by atoms with Gasteiger partial charge in [-0.25, -0.2) is 0 Å². The maximum atomic E-state index is 5.50. The first-order valence-electron chi connectivity index (χ1n) is 6.61. The lowest BCUT2D eigenvalue weighted by Gasteiger charge is -2.26. The van der Waals surface area contributed by atoms with Crippen LogP contribution < -0.4 is 5.32 Å². The largest absolute Gasteiger partial charge is 0.377 e. The average molecular weight is 225 g/mol. The minimum atomic E-state index is 0.336. The van der Waals surface area contributed by atoms with Gasteiger partial charge in [-0.2, -0.15) is 0 Å². The first kappa shape index (κ1) is 13.7. The van der Waals surface area contributed by atoms with Crippen molar-refractivity contribution in [1.82, 2.24) is 5.32 Å². The summed E-state index contributed by atoms with van der Waals surface area (Å²) in [6.45, 7) is 11.7. The van der Waals surface area contributed by atoms with E-state index in [1.54, 1.807) is 5.57 Å². The van der Waals surface area contributed by atoms with Crippen LogP contribution in [-0.2, 0) is 4.74 Å². The van der Waals surface area contributed by atoms with E-state index in [1.807, 2.05) is 6.92 Å². The van der Waals surface area contributed by atoms with Crippen molar-refractivity contribution < 1.29 is 4.74 Å². The van der Waals surface area contributed by atoms with Crippen LogP contribution in [0.1, 0.15) is 40.5 Å². The van der Waals surface area contributed by atoms with Crippen molar-refractivity contribution >= 4 is 0 Å². The van der Waals surface area contributed by atoms with Crippen molar-refractivity contribution in [3.8, 4) is 0 Å². The predicted molar refractivity (Wildman–Crippen MR) is 69.6 cm³/mol. The summed E-state index contributed by atoms with van der Waals surface area (Å²) in [5, 5.41) is 3.53. The van der Waals surface area contributed by atoms with Crippen LogP contribution in [0, 0.1) is 11.8 Å². The Morgan fingerprint density at radius 3 is 2.94 bits per heavy atom. The molecule has 0 spiro atoms. The lowest BCUT2D eigenvalue weighted by atomic mass is 9.84. The molecule has 0 radical (unpaired) electrons. The molecule has 94 valence electrons. The van der Waals surface area contributed by atoms with Crippen LogP contribution in [0.5, 0.6) is 0 Å². The molecule has 0 aliphatic heterocycles. The number of rotatable bonds is 6. The first-order valence-corrected chi connectivity index (χ1v) is 6.61. The van der Waals surface area contributed by atoms with Crippen molar-refractivity contribution in [2.24, 2.45) is 11.8 Å². The molecule has 0 fully saturated rings. The maximum absolute atomic E-state index is 5.50. The molecule has 0 aromatic carbocycles. The van der Waals surface area contributed by atoms with Crippen LogP contribution in [0.2, 0.25) is 0 Å². The standard InChI is InChI=1S/C14H27NO/c1-5-16-13(4)9-15-10-14-7-11(2)6-12(3)8-14/h6,11,13-15H,5,7-10H2,1-4H3. The third-order valence-electron chi connectivity index (χ3n) is 3.20. The molecule has 0 saturated carbocycles. The van der Waals surface area contributed by atoms with E-state index >= 15 is 0 Å². The van der Waals surface area contributed by atoms with Crippen molar-refractivity contribution in [2.75, 3.05) is 19.7 Å². The van der Waals surface area contributed by atoms with E-state index in [0.29, 0.717) is 6.10 Å². The van der Waals surface area contributed by atoms with Crippen LogP contribution >= 0.6 is 0 Å². The van der Waals surface area contributed by atoms with E-state index in [-0.39, 0.29) is 0 Å². The van der Waals surface area contributed by atoms with Gasteiger partial charge in [-0.3, -0.25) is 0 Å². The number of ether oxygens (including phenoxy) is 1. The molecule has 0 aromatic heterocycles. The highest BCUT2D eigenvalue weighted by Gasteiger charge is 2.17. The Morgan fingerprint density at radius 1 is 1.56 bits per heavy atom. The van der Waals surface area contributed by atoms with Gasteiger partial charge in [0.1, 0.15) is 0 Å². The van der Waals surface area contributed by atoms with Crippen LogP contribution in [0.4, 0.5) is 0 Å². The molecule has 0 heterocycles. The Kier molecular flexibility index (Phi) is 6.07. The summed E-state index contributed by atoms with van der Waals surface area (Å²) in [6, 6.07) is 0. The quantitative estimate of drug-likeness (QED) is 0.702. The Morgan fingerprint density at radius 2 is 2.31 bits per heavy atom. The van der Waals surface area contributed by atoms with Gasteiger partial charge in [0.25, 0.3) is 0 Å². The normalized spacial score (nSPS) is 27.6. The second kappa shape index (κ2) is 7.08. The summed E-state index contributed by atoms with van der Waals surface area (Å²) in [5.41, 5.74) is 1.56. The molecule has 0 saturated heterocycles. The highest BCUT2D eigenvalue weighted by molar-refractivity contribution is 5.06. The molecule has 2 nitrogen and oxygen atoms in total. The van der Waals surface area contributed by atoms with Crippen molar-refractivity contribution in [3.05, 3.63) is 11.6 Å². The zero-order chi connectivity index (χ0) is 12.0. The van der Waals surface area contributed by atoms with E-state index < -0.39 is 0 Å². The van der Waals surface area contributed by atoms with Gasteiger partial charge in [0.15, 0.2) is 0 Å². The fraction of sp³-hybridized carbons (Fsp3) is 0.857. The number of allylic oxidation sites excluding steroid dienone is 2. The van der Waals surface area contributed by atoms with Crippen molar-refractivity contribution in [2.45, 2.75) is 46.6 Å². The van der Waals surface area contributed by atoms with Gasteiger partial charge in [0, 0.05) is 13.2 Å². The summed E-state index contributed by atoms with van der Waals surface area (Å²) in [7, 11) is 0. The van der Waals surface area contributed by atoms with E-state index in [9.17, 15) is 0 Å². The smallest absolute Gasteiger partial charge is 0.0671 e. The van der Waals surface area contributed by atoms with E-state index in [1.165, 1.54) is 12.8 Å². The van der Waals surface area contributed by atoms with Gasteiger partial charge >= 0.3 is 0 Å². The Labute approximate surface area is 100 Å². The summed E-state index contributed by atoms with van der Waals surface area (Å²) >= 11 is 0. The molecule has 0 aromatic rings. The minimum absolute atomic E-state index is 0.336. The van der Waals surface area contributed by atoms with Crippen LogP contribution in [-0.4, -0.2) is 25.8 Å². The lowest BCUT2D eigenvalue weighted by Crippen LogP contribution is -2.32. The average Bonchev–Trinajstić information content (AvgIpc) is 2.16. The Balaban J connectivity index is 2.16. The second-order valence-corrected chi connectivity index (χ2v) is 5.22. The van der Waals surface area contributed by atoms with Gasteiger partial charge in [-0.05, 0) is 52.0 Å². The minimum Gasteiger partial charge on any atom is -0.377 e. The molecule has 2 heteroatoms. The van der Waals surface area contributed by atoms with E-state index in [0.717, 1.165) is 31.5 Å². The number of hydrogen-bond acceptors (Lipinski definition) is 2. The van der Waals surface area contributed by atoms with Gasteiger partial charge < -0.3 is 10.1 Å². The van der Waals surface area contributed by atoms with Gasteiger partial charge in [-0.15, -0.1) is 0 Å². The first-order chi connectivity index (χ1) is 7.61. The van der Waals surface area contributed by atoms with Crippen LogP contribution in [0.25, 0.3) is 0 Å². The third kappa shape index (κ3) is 5.13. The third-order valence-corrected chi connectivity index (χ3v) is 3.20. The zero-order valence-electron chi connectivity index (χ0n) is 11.3. The zero-order valence-corrected chi connectivity index (χ0v) is 11.3.